The van der Waals surface area contributed by atoms with Gasteiger partial charge in [-0.1, -0.05) is 6.92 Å². The first kappa shape index (κ1) is 15.8. The molecule has 1 atom stereocenters. The number of nitrogens with one attached hydrogen (secondary N) is 1. The molecule has 1 aliphatic carbocycles. The zero-order valence-electron chi connectivity index (χ0n) is 13.3. The van der Waals surface area contributed by atoms with Crippen LogP contribution in [0.2, 0.25) is 0 Å². The second-order valence-electron chi connectivity index (χ2n) is 6.16. The number of methoxy groups -OCH3 is 1. The summed E-state index contributed by atoms with van der Waals surface area (Å²) in [6, 6.07) is 3.64. The van der Waals surface area contributed by atoms with Crippen LogP contribution in [0.5, 0.6) is 11.5 Å². The minimum Gasteiger partial charge on any atom is -0.504 e. The van der Waals surface area contributed by atoms with Crippen molar-refractivity contribution < 1.29 is 14.6 Å². The Balaban J connectivity index is 1.85. The molecule has 3 rings (SSSR count). The van der Waals surface area contributed by atoms with Crippen LogP contribution in [0.1, 0.15) is 37.3 Å². The molecular weight excluding hydrogens is 312 g/mol. The first-order valence-electron chi connectivity index (χ1n) is 7.61. The average Bonchev–Trinajstić information content (AvgIpc) is 3.00. The number of rotatable bonds is 4. The van der Waals surface area contributed by atoms with Gasteiger partial charge in [0.25, 0.3) is 0 Å². The Morgan fingerprint density at radius 2 is 2.35 bits per heavy atom. The molecule has 0 radical (unpaired) electrons. The topological polar surface area (TPSA) is 71.5 Å². The maximum absolute atomic E-state index is 12.4. The van der Waals surface area contributed by atoms with Gasteiger partial charge in [0.2, 0.25) is 5.91 Å². The number of nitrogens with zero attached hydrogens (tertiary/aromatic N) is 1. The number of aromatic nitrogens is 1. The summed E-state index contributed by atoms with van der Waals surface area (Å²) < 4.78 is 5.19. The summed E-state index contributed by atoms with van der Waals surface area (Å²) in [4.78, 5) is 16.5. The Morgan fingerprint density at radius 3 is 3.04 bits per heavy atom. The van der Waals surface area contributed by atoms with Gasteiger partial charge in [0, 0.05) is 23.4 Å². The largest absolute Gasteiger partial charge is 0.504 e. The Morgan fingerprint density at radius 1 is 1.52 bits per heavy atom. The minimum atomic E-state index is -0.293. The summed E-state index contributed by atoms with van der Waals surface area (Å²) in [5.41, 5.74) is 1.89. The van der Waals surface area contributed by atoms with Gasteiger partial charge in [-0.15, -0.1) is 11.3 Å². The maximum atomic E-state index is 12.4. The van der Waals surface area contributed by atoms with Crippen LogP contribution in [-0.2, 0) is 16.6 Å². The quantitative estimate of drug-likeness (QED) is 0.899. The number of aryl methyl sites for hydroxylation is 1. The van der Waals surface area contributed by atoms with Gasteiger partial charge in [-0.2, -0.15) is 0 Å². The number of aromatic hydroxyl groups is 1. The average molecular weight is 332 g/mol. The second-order valence-corrected chi connectivity index (χ2v) is 7.05. The van der Waals surface area contributed by atoms with E-state index in [9.17, 15) is 9.90 Å². The van der Waals surface area contributed by atoms with E-state index in [1.165, 1.54) is 11.3 Å². The lowest BCUT2D eigenvalue weighted by Crippen LogP contribution is -2.32. The molecule has 23 heavy (non-hydrogen) atoms. The van der Waals surface area contributed by atoms with Gasteiger partial charge in [-0.3, -0.25) is 4.79 Å². The number of benzene rings is 1. The van der Waals surface area contributed by atoms with Crippen LogP contribution < -0.4 is 10.1 Å². The van der Waals surface area contributed by atoms with Crippen LogP contribution in [0, 0.1) is 0 Å². The molecule has 6 heteroatoms. The predicted molar refractivity (Wildman–Crippen MR) is 90.3 cm³/mol. The third-order valence-electron chi connectivity index (χ3n) is 4.46. The zero-order chi connectivity index (χ0) is 16.4. The number of anilines is 1. The number of ether oxygens (including phenoxy) is 1. The smallest absolute Gasteiger partial charge is 0.227 e. The van der Waals surface area contributed by atoms with Crippen LogP contribution >= 0.6 is 11.3 Å². The van der Waals surface area contributed by atoms with Gasteiger partial charge in [-0.05, 0) is 42.5 Å². The molecule has 0 bridgehead atoms. The number of carbonyl (C=O) groups excluding carboxylic acids is 1. The normalized spacial score (nSPS) is 19.9. The molecule has 2 N–H and O–H groups in total. The summed E-state index contributed by atoms with van der Waals surface area (Å²) in [6.07, 6.45) is 4.91. The fourth-order valence-corrected chi connectivity index (χ4v) is 3.88. The third kappa shape index (κ3) is 3.17. The van der Waals surface area contributed by atoms with E-state index >= 15 is 0 Å². The third-order valence-corrected chi connectivity index (χ3v) is 5.15. The Kier molecular flexibility index (Phi) is 4.26. The first-order chi connectivity index (χ1) is 11.0. The summed E-state index contributed by atoms with van der Waals surface area (Å²) >= 11 is 1.41. The van der Waals surface area contributed by atoms with Gasteiger partial charge in [-0.25, -0.2) is 4.98 Å². The highest BCUT2D eigenvalue weighted by molar-refractivity contribution is 7.13. The molecule has 0 fully saturated rings. The molecule has 0 saturated heterocycles. The lowest BCUT2D eigenvalue weighted by atomic mass is 9.69. The number of thiazole rings is 1. The minimum absolute atomic E-state index is 0.0504. The number of phenols is 1. The molecule has 2 aromatic rings. The Hall–Kier alpha value is -2.08. The summed E-state index contributed by atoms with van der Waals surface area (Å²) in [7, 11) is 1.55. The van der Waals surface area contributed by atoms with E-state index < -0.39 is 0 Å². The Labute approximate surface area is 139 Å². The van der Waals surface area contributed by atoms with Crippen molar-refractivity contribution in [3.8, 4) is 11.5 Å². The standard InChI is InChI=1S/C17H20N2O3S/c1-17(10-15(21)19-16-18-6-7-23-16)5-3-4-11-8-14(22-2)13(20)9-12(11)17/h6-9,20H,3-5,10H2,1-2H3,(H,18,19,21)/t17-/m1/s1. The molecule has 1 aliphatic rings. The lowest BCUT2D eigenvalue weighted by Gasteiger charge is -2.36. The first-order valence-corrected chi connectivity index (χ1v) is 8.49. The number of hydrogen-bond donors (Lipinski definition) is 2. The highest BCUT2D eigenvalue weighted by Crippen LogP contribution is 2.44. The molecule has 0 spiro atoms. The van der Waals surface area contributed by atoms with Crippen molar-refractivity contribution in [1.82, 2.24) is 4.98 Å². The summed E-state index contributed by atoms with van der Waals surface area (Å²) in [5.74, 6) is 0.561. The number of hydrogen-bond acceptors (Lipinski definition) is 5. The van der Waals surface area contributed by atoms with Crippen molar-refractivity contribution in [2.24, 2.45) is 0 Å². The van der Waals surface area contributed by atoms with Gasteiger partial charge < -0.3 is 15.2 Å². The van der Waals surface area contributed by atoms with E-state index in [1.807, 2.05) is 11.4 Å². The fraction of sp³-hybridized carbons (Fsp3) is 0.412. The van der Waals surface area contributed by atoms with E-state index in [-0.39, 0.29) is 17.1 Å². The van der Waals surface area contributed by atoms with Crippen molar-refractivity contribution in [2.75, 3.05) is 12.4 Å². The molecule has 122 valence electrons. The number of carbonyl (C=O) groups is 1. The van der Waals surface area contributed by atoms with E-state index in [2.05, 4.69) is 17.2 Å². The molecule has 0 unspecified atom stereocenters. The SMILES string of the molecule is COc1cc2c(cc1O)[C@@](C)(CC(=O)Nc1nccs1)CCC2. The van der Waals surface area contributed by atoms with Crippen LogP contribution in [0.25, 0.3) is 0 Å². The molecule has 0 saturated carbocycles. The lowest BCUT2D eigenvalue weighted by molar-refractivity contribution is -0.117. The van der Waals surface area contributed by atoms with E-state index in [0.29, 0.717) is 17.3 Å². The zero-order valence-corrected chi connectivity index (χ0v) is 14.1. The predicted octanol–water partition coefficient (Wildman–Crippen LogP) is 3.48. The van der Waals surface area contributed by atoms with Crippen LogP contribution in [0.15, 0.2) is 23.7 Å². The van der Waals surface area contributed by atoms with E-state index in [4.69, 9.17) is 4.74 Å². The fourth-order valence-electron chi connectivity index (χ4n) is 3.33. The van der Waals surface area contributed by atoms with Gasteiger partial charge in [0.05, 0.1) is 7.11 Å². The number of fused-ring (bicyclic) bond motifs is 1. The van der Waals surface area contributed by atoms with Crippen molar-refractivity contribution in [1.29, 1.82) is 0 Å². The van der Waals surface area contributed by atoms with Crippen LogP contribution in [-0.4, -0.2) is 23.1 Å². The monoisotopic (exact) mass is 332 g/mol. The number of phenolic OH excluding ortho intramolecular Hbond substituents is 1. The number of amides is 1. The summed E-state index contributed by atoms with van der Waals surface area (Å²) in [5, 5.41) is 15.4. The molecule has 1 aromatic heterocycles. The molecule has 5 nitrogen and oxygen atoms in total. The van der Waals surface area contributed by atoms with Crippen molar-refractivity contribution in [3.05, 3.63) is 34.8 Å². The molecule has 1 heterocycles. The second kappa shape index (κ2) is 6.20. The molecule has 1 amide bonds. The molecular formula is C17H20N2O3S. The molecule has 0 aliphatic heterocycles. The van der Waals surface area contributed by atoms with Crippen LogP contribution in [0.4, 0.5) is 5.13 Å². The Bertz CT molecular complexity index is 715. The van der Waals surface area contributed by atoms with E-state index in [0.717, 1.165) is 30.4 Å². The highest BCUT2D eigenvalue weighted by atomic mass is 32.1. The van der Waals surface area contributed by atoms with Crippen LogP contribution in [0.3, 0.4) is 0 Å². The summed E-state index contributed by atoms with van der Waals surface area (Å²) in [6.45, 7) is 2.08. The van der Waals surface area contributed by atoms with Crippen molar-refractivity contribution >= 4 is 22.4 Å². The maximum Gasteiger partial charge on any atom is 0.227 e. The van der Waals surface area contributed by atoms with Crippen molar-refractivity contribution in [2.45, 2.75) is 38.0 Å². The van der Waals surface area contributed by atoms with Gasteiger partial charge >= 0.3 is 0 Å². The molecule has 1 aromatic carbocycles. The van der Waals surface area contributed by atoms with Crippen molar-refractivity contribution in [3.63, 3.8) is 0 Å². The van der Waals surface area contributed by atoms with E-state index in [1.54, 1.807) is 19.4 Å². The highest BCUT2D eigenvalue weighted by Gasteiger charge is 2.35. The van der Waals surface area contributed by atoms with Gasteiger partial charge in [0.1, 0.15) is 0 Å². The van der Waals surface area contributed by atoms with Gasteiger partial charge in [0.15, 0.2) is 16.6 Å².